The van der Waals surface area contributed by atoms with Gasteiger partial charge in [0.05, 0.1) is 5.52 Å². The maximum absolute atomic E-state index is 4.37. The molecule has 0 bridgehead atoms. The van der Waals surface area contributed by atoms with Gasteiger partial charge in [0.2, 0.25) is 0 Å². The summed E-state index contributed by atoms with van der Waals surface area (Å²) in [6.07, 6.45) is 5.73. The molecule has 2 aromatic rings. The zero-order valence-electron chi connectivity index (χ0n) is 10.8. The number of nitrogens with one attached hydrogen (secondary N) is 1. The van der Waals surface area contributed by atoms with Crippen molar-refractivity contribution >= 4 is 16.7 Å². The molecule has 2 unspecified atom stereocenters. The van der Waals surface area contributed by atoms with E-state index in [1.807, 2.05) is 18.2 Å². The van der Waals surface area contributed by atoms with E-state index in [1.165, 1.54) is 19.3 Å². The third-order valence-electron chi connectivity index (χ3n) is 4.11. The van der Waals surface area contributed by atoms with Gasteiger partial charge in [0.1, 0.15) is 12.1 Å². The Hall–Kier alpha value is -1.64. The zero-order valence-corrected chi connectivity index (χ0v) is 10.8. The molecule has 3 nitrogen and oxygen atoms in total. The summed E-state index contributed by atoms with van der Waals surface area (Å²) in [5.41, 5.74) is 1.01. The number of benzene rings is 1. The fraction of sp³-hybridized carbons (Fsp3) is 0.467. The summed E-state index contributed by atoms with van der Waals surface area (Å²) < 4.78 is 0. The highest BCUT2D eigenvalue weighted by Crippen LogP contribution is 2.31. The summed E-state index contributed by atoms with van der Waals surface area (Å²) >= 11 is 0. The van der Waals surface area contributed by atoms with E-state index in [4.69, 9.17) is 0 Å². The van der Waals surface area contributed by atoms with Gasteiger partial charge < -0.3 is 5.32 Å². The lowest BCUT2D eigenvalue weighted by Gasteiger charge is -2.16. The Morgan fingerprint density at radius 1 is 1.22 bits per heavy atom. The highest BCUT2D eigenvalue weighted by molar-refractivity contribution is 5.88. The minimum absolute atomic E-state index is 0.790. The molecule has 0 spiro atoms. The molecule has 1 saturated carbocycles. The first kappa shape index (κ1) is 11.5. The van der Waals surface area contributed by atoms with E-state index in [-0.39, 0.29) is 0 Å². The van der Waals surface area contributed by atoms with Crippen molar-refractivity contribution in [3.63, 3.8) is 0 Å². The van der Waals surface area contributed by atoms with Gasteiger partial charge in [-0.15, -0.1) is 0 Å². The van der Waals surface area contributed by atoms with Gasteiger partial charge in [0.25, 0.3) is 0 Å². The van der Waals surface area contributed by atoms with Crippen molar-refractivity contribution in [3.05, 3.63) is 30.6 Å². The van der Waals surface area contributed by atoms with E-state index in [0.29, 0.717) is 0 Å². The molecule has 0 amide bonds. The molecule has 1 aliphatic rings. The van der Waals surface area contributed by atoms with Crippen molar-refractivity contribution in [1.82, 2.24) is 9.97 Å². The molecule has 3 heteroatoms. The lowest BCUT2D eigenvalue weighted by molar-refractivity contribution is 0.439. The molecule has 1 aromatic heterocycles. The fourth-order valence-corrected chi connectivity index (χ4v) is 2.90. The Morgan fingerprint density at radius 2 is 2.11 bits per heavy atom. The number of fused-ring (bicyclic) bond motifs is 1. The fourth-order valence-electron chi connectivity index (χ4n) is 2.90. The van der Waals surface area contributed by atoms with Crippen LogP contribution in [0.1, 0.15) is 26.2 Å². The molecule has 94 valence electrons. The number of para-hydroxylation sites is 1. The van der Waals surface area contributed by atoms with Gasteiger partial charge in [-0.2, -0.15) is 0 Å². The van der Waals surface area contributed by atoms with E-state index in [0.717, 1.165) is 35.1 Å². The summed E-state index contributed by atoms with van der Waals surface area (Å²) in [6, 6.07) is 8.16. The van der Waals surface area contributed by atoms with Crippen LogP contribution in [0, 0.1) is 11.8 Å². The molecule has 18 heavy (non-hydrogen) atoms. The van der Waals surface area contributed by atoms with Crippen molar-refractivity contribution in [3.8, 4) is 0 Å². The number of hydrogen-bond donors (Lipinski definition) is 1. The number of nitrogens with zero attached hydrogens (tertiary/aromatic N) is 2. The Morgan fingerprint density at radius 3 is 2.94 bits per heavy atom. The van der Waals surface area contributed by atoms with Crippen LogP contribution < -0.4 is 5.32 Å². The van der Waals surface area contributed by atoms with Crippen LogP contribution in [0.2, 0.25) is 0 Å². The summed E-state index contributed by atoms with van der Waals surface area (Å²) in [7, 11) is 0. The van der Waals surface area contributed by atoms with Crippen LogP contribution in [0.5, 0.6) is 0 Å². The Bertz CT molecular complexity index is 533. The van der Waals surface area contributed by atoms with Crippen molar-refractivity contribution in [2.45, 2.75) is 26.2 Å². The van der Waals surface area contributed by atoms with Gasteiger partial charge >= 0.3 is 0 Å². The van der Waals surface area contributed by atoms with E-state index < -0.39 is 0 Å². The Labute approximate surface area is 108 Å². The molecule has 0 radical (unpaired) electrons. The monoisotopic (exact) mass is 241 g/mol. The molecule has 1 fully saturated rings. The van der Waals surface area contributed by atoms with Crippen LogP contribution in [0.4, 0.5) is 5.82 Å². The molecule has 1 aliphatic carbocycles. The van der Waals surface area contributed by atoms with Crippen LogP contribution in [0.3, 0.4) is 0 Å². The topological polar surface area (TPSA) is 37.8 Å². The molecular weight excluding hydrogens is 222 g/mol. The zero-order chi connectivity index (χ0) is 12.4. The number of aromatic nitrogens is 2. The van der Waals surface area contributed by atoms with E-state index in [9.17, 15) is 0 Å². The van der Waals surface area contributed by atoms with Crippen LogP contribution in [0.25, 0.3) is 10.9 Å². The van der Waals surface area contributed by atoms with Crippen molar-refractivity contribution in [2.24, 2.45) is 11.8 Å². The maximum atomic E-state index is 4.37. The van der Waals surface area contributed by atoms with Gasteiger partial charge in [-0.05, 0) is 30.4 Å². The molecule has 0 aliphatic heterocycles. The number of anilines is 1. The average Bonchev–Trinajstić information content (AvgIpc) is 2.82. The number of hydrogen-bond acceptors (Lipinski definition) is 3. The van der Waals surface area contributed by atoms with Gasteiger partial charge in [0, 0.05) is 11.9 Å². The quantitative estimate of drug-likeness (QED) is 0.894. The Balaban J connectivity index is 1.78. The van der Waals surface area contributed by atoms with Gasteiger partial charge in [-0.25, -0.2) is 9.97 Å². The minimum Gasteiger partial charge on any atom is -0.369 e. The third kappa shape index (κ3) is 2.17. The van der Waals surface area contributed by atoms with Crippen molar-refractivity contribution in [1.29, 1.82) is 0 Å². The summed E-state index contributed by atoms with van der Waals surface area (Å²) in [4.78, 5) is 8.66. The maximum Gasteiger partial charge on any atom is 0.137 e. The number of rotatable bonds is 3. The first-order valence-corrected chi connectivity index (χ1v) is 6.78. The van der Waals surface area contributed by atoms with Gasteiger partial charge in [-0.1, -0.05) is 31.9 Å². The molecular formula is C15H19N3. The largest absolute Gasteiger partial charge is 0.369 e. The van der Waals surface area contributed by atoms with Gasteiger partial charge in [0.15, 0.2) is 0 Å². The predicted molar refractivity (Wildman–Crippen MR) is 74.5 cm³/mol. The third-order valence-corrected chi connectivity index (χ3v) is 4.11. The second kappa shape index (κ2) is 4.92. The second-order valence-electron chi connectivity index (χ2n) is 5.29. The van der Waals surface area contributed by atoms with Crippen LogP contribution >= 0.6 is 0 Å². The molecule has 1 N–H and O–H groups in total. The van der Waals surface area contributed by atoms with Crippen LogP contribution in [-0.4, -0.2) is 16.5 Å². The molecule has 0 saturated heterocycles. The van der Waals surface area contributed by atoms with E-state index in [1.54, 1.807) is 6.33 Å². The Kier molecular flexibility index (Phi) is 3.13. The summed E-state index contributed by atoms with van der Waals surface area (Å²) in [5, 5.41) is 4.63. The minimum atomic E-state index is 0.790. The highest BCUT2D eigenvalue weighted by Gasteiger charge is 2.23. The van der Waals surface area contributed by atoms with E-state index >= 15 is 0 Å². The van der Waals surface area contributed by atoms with Gasteiger partial charge in [-0.3, -0.25) is 0 Å². The summed E-state index contributed by atoms with van der Waals surface area (Å²) in [5.74, 6) is 2.60. The predicted octanol–water partition coefficient (Wildman–Crippen LogP) is 3.48. The molecule has 1 aromatic carbocycles. The average molecular weight is 241 g/mol. The lowest BCUT2D eigenvalue weighted by atomic mass is 9.98. The SMILES string of the molecule is CC1CCCC1CNc1ncnc2ccccc12. The smallest absolute Gasteiger partial charge is 0.137 e. The second-order valence-corrected chi connectivity index (χ2v) is 5.29. The van der Waals surface area contributed by atoms with Crippen molar-refractivity contribution in [2.75, 3.05) is 11.9 Å². The molecule has 2 atom stereocenters. The van der Waals surface area contributed by atoms with Crippen LogP contribution in [-0.2, 0) is 0 Å². The first-order valence-electron chi connectivity index (χ1n) is 6.78. The standard InChI is InChI=1S/C15H19N3/c1-11-5-4-6-12(11)9-16-15-13-7-2-3-8-14(13)17-10-18-15/h2-3,7-8,10-12H,4-6,9H2,1H3,(H,16,17,18). The van der Waals surface area contributed by atoms with Crippen LogP contribution in [0.15, 0.2) is 30.6 Å². The lowest BCUT2D eigenvalue weighted by Crippen LogP contribution is -2.17. The van der Waals surface area contributed by atoms with E-state index in [2.05, 4.69) is 28.3 Å². The normalized spacial score (nSPS) is 23.4. The molecule has 1 heterocycles. The highest BCUT2D eigenvalue weighted by atomic mass is 15.0. The molecule has 3 rings (SSSR count). The van der Waals surface area contributed by atoms with Crippen molar-refractivity contribution < 1.29 is 0 Å². The first-order chi connectivity index (χ1) is 8.84. The summed E-state index contributed by atoms with van der Waals surface area (Å²) in [6.45, 7) is 3.39.